The van der Waals surface area contributed by atoms with Crippen LogP contribution in [0.2, 0.25) is 0 Å². The second-order valence-electron chi connectivity index (χ2n) is 6.62. The van der Waals surface area contributed by atoms with Crippen LogP contribution in [0.4, 0.5) is 0 Å². The molecule has 0 amide bonds. The number of carbonyl (C=O) groups is 3. The molecule has 1 unspecified atom stereocenters. The number of hydrogen-bond acceptors (Lipinski definition) is 5. The third-order valence-corrected chi connectivity index (χ3v) is 6.17. The number of hydrogen-bond donors (Lipinski definition) is 0. The fourth-order valence-corrected chi connectivity index (χ4v) is 4.69. The van der Waals surface area contributed by atoms with Gasteiger partial charge in [0.15, 0.2) is 17.3 Å². The molecule has 1 aliphatic carbocycles. The number of benzene rings is 1. The number of halogens is 2. The molecule has 1 aliphatic heterocycles. The van der Waals surface area contributed by atoms with Crippen LogP contribution in [0.25, 0.3) is 0 Å². The molecule has 0 spiro atoms. The average Bonchev–Trinajstić information content (AvgIpc) is 2.62. The molecule has 1 aromatic carbocycles. The van der Waals surface area contributed by atoms with Gasteiger partial charge >= 0.3 is 0 Å². The van der Waals surface area contributed by atoms with E-state index < -0.39 is 11.7 Å². The van der Waals surface area contributed by atoms with E-state index in [9.17, 15) is 14.4 Å². The number of Topliss-reactive ketones (excluding diaryl/α,β-unsaturated/α-hetero) is 3. The van der Waals surface area contributed by atoms with Gasteiger partial charge in [-0.3, -0.25) is 14.4 Å². The Hall–Kier alpha value is -1.05. The Morgan fingerprint density at radius 3 is 2.50 bits per heavy atom. The van der Waals surface area contributed by atoms with Crippen molar-refractivity contribution < 1.29 is 23.9 Å². The van der Waals surface area contributed by atoms with Crippen molar-refractivity contribution in [3.05, 3.63) is 26.6 Å². The lowest BCUT2D eigenvalue weighted by Crippen LogP contribution is -2.35. The van der Waals surface area contributed by atoms with E-state index in [2.05, 4.69) is 31.9 Å². The van der Waals surface area contributed by atoms with Gasteiger partial charge in [0.05, 0.1) is 15.0 Å². The Bertz CT molecular complexity index is 709. The summed E-state index contributed by atoms with van der Waals surface area (Å²) < 4.78 is 12.7. The highest BCUT2D eigenvalue weighted by Crippen LogP contribution is 2.38. The SMILES string of the molecule is O=C1CCCC(=O)C1C(=O)c1ccc(Br)c(OCC2CCCCO2)c1Br. The zero-order valence-corrected chi connectivity index (χ0v) is 17.4. The van der Waals surface area contributed by atoms with Gasteiger partial charge in [-0.15, -0.1) is 0 Å². The second kappa shape index (κ2) is 8.76. The van der Waals surface area contributed by atoms with Gasteiger partial charge in [-0.2, -0.15) is 0 Å². The van der Waals surface area contributed by atoms with E-state index in [0.29, 0.717) is 33.3 Å². The van der Waals surface area contributed by atoms with E-state index in [-0.39, 0.29) is 30.5 Å². The molecule has 1 atom stereocenters. The molecule has 2 aliphatic rings. The predicted molar refractivity (Wildman–Crippen MR) is 103 cm³/mol. The van der Waals surface area contributed by atoms with Crippen molar-refractivity contribution in [2.45, 2.75) is 44.6 Å². The molecule has 0 radical (unpaired) electrons. The van der Waals surface area contributed by atoms with E-state index in [0.717, 1.165) is 25.9 Å². The van der Waals surface area contributed by atoms with E-state index >= 15 is 0 Å². The number of rotatable bonds is 5. The summed E-state index contributed by atoms with van der Waals surface area (Å²) in [5, 5.41) is 0. The quantitative estimate of drug-likeness (QED) is 0.458. The first kappa shape index (κ1) is 19.7. The maximum absolute atomic E-state index is 12.8. The molecule has 1 heterocycles. The van der Waals surface area contributed by atoms with Crippen molar-refractivity contribution in [1.29, 1.82) is 0 Å². The van der Waals surface area contributed by atoms with Crippen molar-refractivity contribution in [3.63, 3.8) is 0 Å². The minimum Gasteiger partial charge on any atom is -0.488 e. The number of carbonyl (C=O) groups excluding carboxylic acids is 3. The summed E-state index contributed by atoms with van der Waals surface area (Å²) in [5.41, 5.74) is 0.293. The molecule has 0 N–H and O–H groups in total. The lowest BCUT2D eigenvalue weighted by Gasteiger charge is -2.24. The van der Waals surface area contributed by atoms with Crippen LogP contribution in [0.1, 0.15) is 48.9 Å². The molecule has 1 aromatic rings. The second-order valence-corrected chi connectivity index (χ2v) is 8.27. The van der Waals surface area contributed by atoms with Crippen LogP contribution in [-0.2, 0) is 14.3 Å². The monoisotopic (exact) mass is 486 g/mol. The van der Waals surface area contributed by atoms with Gasteiger partial charge < -0.3 is 9.47 Å². The molecule has 2 fully saturated rings. The summed E-state index contributed by atoms with van der Waals surface area (Å²) in [7, 11) is 0. The molecule has 5 nitrogen and oxygen atoms in total. The predicted octanol–water partition coefficient (Wildman–Crippen LogP) is 4.28. The molecule has 3 rings (SSSR count). The van der Waals surface area contributed by atoms with Crippen LogP contribution in [0, 0.1) is 5.92 Å². The van der Waals surface area contributed by atoms with Crippen LogP contribution >= 0.6 is 31.9 Å². The first-order valence-corrected chi connectivity index (χ1v) is 10.4. The summed E-state index contributed by atoms with van der Waals surface area (Å²) in [6.45, 7) is 1.12. The number of ether oxygens (including phenoxy) is 2. The largest absolute Gasteiger partial charge is 0.488 e. The Balaban J connectivity index is 1.80. The zero-order valence-electron chi connectivity index (χ0n) is 14.3. The molecule has 1 saturated carbocycles. The number of ketones is 3. The van der Waals surface area contributed by atoms with Crippen LogP contribution in [-0.4, -0.2) is 36.7 Å². The van der Waals surface area contributed by atoms with E-state index in [1.54, 1.807) is 12.1 Å². The van der Waals surface area contributed by atoms with Crippen molar-refractivity contribution >= 4 is 49.2 Å². The van der Waals surface area contributed by atoms with Crippen LogP contribution in [0.5, 0.6) is 5.75 Å². The van der Waals surface area contributed by atoms with Gasteiger partial charge in [0.1, 0.15) is 18.3 Å². The molecule has 0 bridgehead atoms. The molecular formula is C19H20Br2O5. The Kier molecular flexibility index (Phi) is 6.64. The smallest absolute Gasteiger partial charge is 0.182 e. The molecule has 0 aromatic heterocycles. The minimum absolute atomic E-state index is 0.0309. The average molecular weight is 488 g/mol. The van der Waals surface area contributed by atoms with Gasteiger partial charge in [-0.1, -0.05) is 0 Å². The van der Waals surface area contributed by atoms with Crippen LogP contribution in [0.3, 0.4) is 0 Å². The summed E-state index contributed by atoms with van der Waals surface area (Å²) in [6.07, 6.45) is 4.23. The Morgan fingerprint density at radius 2 is 1.85 bits per heavy atom. The molecule has 140 valence electrons. The lowest BCUT2D eigenvalue weighted by molar-refractivity contribution is -0.133. The summed E-state index contributed by atoms with van der Waals surface area (Å²) >= 11 is 6.86. The van der Waals surface area contributed by atoms with E-state index in [1.807, 2.05) is 0 Å². The first-order valence-electron chi connectivity index (χ1n) is 8.81. The topological polar surface area (TPSA) is 69.7 Å². The standard InChI is InChI=1S/C19H20Br2O5/c20-13-8-7-12(18(24)16-14(22)5-3-6-15(16)23)17(21)19(13)26-10-11-4-1-2-9-25-11/h7-8,11,16H,1-6,9-10H2. The Labute approximate surface area is 169 Å². The van der Waals surface area contributed by atoms with Crippen LogP contribution in [0.15, 0.2) is 21.1 Å². The summed E-state index contributed by atoms with van der Waals surface area (Å²) in [4.78, 5) is 37.0. The highest BCUT2D eigenvalue weighted by Gasteiger charge is 2.37. The normalized spacial score (nSPS) is 21.7. The maximum Gasteiger partial charge on any atom is 0.182 e. The fourth-order valence-electron chi connectivity index (χ4n) is 3.32. The van der Waals surface area contributed by atoms with E-state index in [1.165, 1.54) is 0 Å². The lowest BCUT2D eigenvalue weighted by atomic mass is 9.81. The van der Waals surface area contributed by atoms with Crippen molar-refractivity contribution in [1.82, 2.24) is 0 Å². The highest BCUT2D eigenvalue weighted by atomic mass is 79.9. The van der Waals surface area contributed by atoms with Crippen molar-refractivity contribution in [3.8, 4) is 5.75 Å². The molecule has 26 heavy (non-hydrogen) atoms. The minimum atomic E-state index is -1.18. The van der Waals surface area contributed by atoms with E-state index in [4.69, 9.17) is 9.47 Å². The fraction of sp³-hybridized carbons (Fsp3) is 0.526. The van der Waals surface area contributed by atoms with Crippen molar-refractivity contribution in [2.75, 3.05) is 13.2 Å². The third kappa shape index (κ3) is 4.26. The first-order chi connectivity index (χ1) is 12.5. The molecule has 1 saturated heterocycles. The van der Waals surface area contributed by atoms with Gasteiger partial charge in [0, 0.05) is 25.0 Å². The Morgan fingerprint density at radius 1 is 1.12 bits per heavy atom. The van der Waals surface area contributed by atoms with Gasteiger partial charge in [-0.25, -0.2) is 0 Å². The third-order valence-electron chi connectivity index (χ3n) is 4.75. The zero-order chi connectivity index (χ0) is 18.7. The van der Waals surface area contributed by atoms with Crippen LogP contribution < -0.4 is 4.74 Å². The molecule has 7 heteroatoms. The molecular weight excluding hydrogens is 468 g/mol. The van der Waals surface area contributed by atoms with Gasteiger partial charge in [-0.05, 0) is 69.7 Å². The maximum atomic E-state index is 12.8. The highest BCUT2D eigenvalue weighted by molar-refractivity contribution is 9.11. The summed E-state index contributed by atoms with van der Waals surface area (Å²) in [6, 6.07) is 3.31. The van der Waals surface area contributed by atoms with Gasteiger partial charge in [0.2, 0.25) is 0 Å². The van der Waals surface area contributed by atoms with Gasteiger partial charge in [0.25, 0.3) is 0 Å². The summed E-state index contributed by atoms with van der Waals surface area (Å²) in [5.74, 6) is -1.74. The van der Waals surface area contributed by atoms with Crippen molar-refractivity contribution in [2.24, 2.45) is 5.92 Å².